The van der Waals surface area contributed by atoms with E-state index in [0.29, 0.717) is 31.6 Å². The largest absolute Gasteiger partial charge is 0.481 e. The molecule has 0 spiro atoms. The lowest BCUT2D eigenvalue weighted by molar-refractivity contribution is -0.154. The zero-order valence-corrected chi connectivity index (χ0v) is 16.0. The molecule has 3 rings (SSSR count). The lowest BCUT2D eigenvalue weighted by Gasteiger charge is -2.33. The van der Waals surface area contributed by atoms with Gasteiger partial charge in [-0.05, 0) is 57.4 Å². The van der Waals surface area contributed by atoms with Crippen LogP contribution in [0.3, 0.4) is 0 Å². The van der Waals surface area contributed by atoms with E-state index >= 15 is 0 Å². The van der Waals surface area contributed by atoms with Crippen molar-refractivity contribution in [3.63, 3.8) is 0 Å². The average molecular weight is 370 g/mol. The topological polar surface area (TPSA) is 80.6 Å². The summed E-state index contributed by atoms with van der Waals surface area (Å²) in [5, 5.41) is 12.5. The number of ether oxygens (including phenoxy) is 1. The van der Waals surface area contributed by atoms with Crippen molar-refractivity contribution in [2.75, 3.05) is 19.8 Å². The zero-order valence-electron chi connectivity index (χ0n) is 16.0. The highest BCUT2D eigenvalue weighted by Gasteiger charge is 2.40. The molecule has 1 amide bonds. The van der Waals surface area contributed by atoms with Gasteiger partial charge in [0, 0.05) is 36.8 Å². The van der Waals surface area contributed by atoms with Gasteiger partial charge < -0.3 is 19.7 Å². The lowest BCUT2D eigenvalue weighted by Crippen LogP contribution is -2.46. The average Bonchev–Trinajstić information content (AvgIpc) is 2.94. The fourth-order valence-electron chi connectivity index (χ4n) is 3.73. The molecule has 0 saturated carbocycles. The van der Waals surface area contributed by atoms with Gasteiger partial charge >= 0.3 is 5.97 Å². The number of carbonyl (C=O) groups is 2. The molecule has 144 valence electrons. The minimum Gasteiger partial charge on any atom is -0.481 e. The Hall–Kier alpha value is -2.60. The highest BCUT2D eigenvalue weighted by molar-refractivity contribution is 5.96. The lowest BCUT2D eigenvalue weighted by atomic mass is 9.80. The molecule has 1 fully saturated rings. The normalized spacial score (nSPS) is 16.1. The highest BCUT2D eigenvalue weighted by atomic mass is 16.5. The number of aromatic nitrogens is 1. The van der Waals surface area contributed by atoms with Gasteiger partial charge in [-0.2, -0.15) is 0 Å². The summed E-state index contributed by atoms with van der Waals surface area (Å²) in [6, 6.07) is 9.96. The number of amides is 1. The Kier molecular flexibility index (Phi) is 5.37. The van der Waals surface area contributed by atoms with Crippen LogP contribution in [0.1, 0.15) is 40.2 Å². The molecule has 1 aromatic carbocycles. The van der Waals surface area contributed by atoms with E-state index in [2.05, 4.69) is 11.4 Å². The van der Waals surface area contributed by atoms with E-state index in [4.69, 9.17) is 4.74 Å². The maximum Gasteiger partial charge on any atom is 0.311 e. The first-order valence-corrected chi connectivity index (χ1v) is 9.19. The summed E-state index contributed by atoms with van der Waals surface area (Å²) in [6.07, 6.45) is 0.815. The van der Waals surface area contributed by atoms with Crippen molar-refractivity contribution < 1.29 is 19.4 Å². The van der Waals surface area contributed by atoms with Crippen molar-refractivity contribution in [1.29, 1.82) is 0 Å². The molecule has 1 aliphatic heterocycles. The Morgan fingerprint density at radius 2 is 1.89 bits per heavy atom. The number of nitrogens with zero attached hydrogens (tertiary/aromatic N) is 1. The van der Waals surface area contributed by atoms with E-state index < -0.39 is 11.4 Å². The first kappa shape index (κ1) is 19.2. The summed E-state index contributed by atoms with van der Waals surface area (Å²) in [6.45, 7) is 6.83. The van der Waals surface area contributed by atoms with Gasteiger partial charge in [-0.1, -0.05) is 12.1 Å². The summed E-state index contributed by atoms with van der Waals surface area (Å²) in [5.41, 5.74) is 3.58. The van der Waals surface area contributed by atoms with Crippen LogP contribution in [0.4, 0.5) is 0 Å². The summed E-state index contributed by atoms with van der Waals surface area (Å²) >= 11 is 0. The van der Waals surface area contributed by atoms with Crippen molar-refractivity contribution >= 4 is 11.9 Å². The number of carboxylic acid groups (broad SMARTS) is 1. The van der Waals surface area contributed by atoms with Crippen molar-refractivity contribution in [2.24, 2.45) is 5.41 Å². The quantitative estimate of drug-likeness (QED) is 0.848. The maximum atomic E-state index is 12.8. The van der Waals surface area contributed by atoms with E-state index in [1.165, 1.54) is 0 Å². The second kappa shape index (κ2) is 7.56. The first-order valence-electron chi connectivity index (χ1n) is 9.19. The Labute approximate surface area is 159 Å². The predicted octanol–water partition coefficient (Wildman–Crippen LogP) is 3.01. The Bertz CT molecular complexity index is 863. The van der Waals surface area contributed by atoms with Crippen LogP contribution >= 0.6 is 0 Å². The number of nitrogens with one attached hydrogen (secondary N) is 1. The number of benzene rings is 1. The third-order valence-corrected chi connectivity index (χ3v) is 5.43. The van der Waals surface area contributed by atoms with E-state index in [-0.39, 0.29) is 12.5 Å². The predicted molar refractivity (Wildman–Crippen MR) is 102 cm³/mol. The molecule has 0 unspecified atom stereocenters. The summed E-state index contributed by atoms with van der Waals surface area (Å²) < 4.78 is 7.33. The minimum atomic E-state index is -0.948. The first-order chi connectivity index (χ1) is 12.8. The van der Waals surface area contributed by atoms with Gasteiger partial charge in [0.1, 0.15) is 0 Å². The van der Waals surface area contributed by atoms with Gasteiger partial charge in [-0.25, -0.2) is 0 Å². The summed E-state index contributed by atoms with van der Waals surface area (Å²) in [7, 11) is 0. The van der Waals surface area contributed by atoms with Gasteiger partial charge in [0.2, 0.25) is 0 Å². The van der Waals surface area contributed by atoms with E-state index in [0.717, 1.165) is 22.6 Å². The molecule has 6 nitrogen and oxygen atoms in total. The minimum absolute atomic E-state index is 0.110. The number of aliphatic carboxylic acids is 1. The smallest absolute Gasteiger partial charge is 0.311 e. The van der Waals surface area contributed by atoms with Gasteiger partial charge in [0.15, 0.2) is 0 Å². The van der Waals surface area contributed by atoms with Crippen molar-refractivity contribution in [2.45, 2.75) is 33.6 Å². The molecule has 0 atom stereocenters. The molecule has 2 aromatic rings. The van der Waals surface area contributed by atoms with Crippen LogP contribution < -0.4 is 5.32 Å². The van der Waals surface area contributed by atoms with Gasteiger partial charge in [0.05, 0.1) is 11.0 Å². The molecule has 2 heterocycles. The second-order valence-corrected chi connectivity index (χ2v) is 7.34. The van der Waals surface area contributed by atoms with Crippen LogP contribution in [-0.2, 0) is 9.53 Å². The van der Waals surface area contributed by atoms with Gasteiger partial charge in [-0.3, -0.25) is 9.59 Å². The summed E-state index contributed by atoms with van der Waals surface area (Å²) in [4.78, 5) is 24.5. The van der Waals surface area contributed by atoms with E-state index in [1.54, 1.807) is 0 Å². The van der Waals surface area contributed by atoms with Gasteiger partial charge in [-0.15, -0.1) is 0 Å². The molecule has 0 bridgehead atoms. The molecule has 0 aliphatic carbocycles. The third-order valence-electron chi connectivity index (χ3n) is 5.43. The SMILES string of the molecule is Cc1cccc(-n2c(C)cc(C(=O)NCC3(C(=O)O)CCOCC3)c2C)c1. The van der Waals surface area contributed by atoms with Crippen LogP contribution in [-0.4, -0.2) is 41.3 Å². The monoisotopic (exact) mass is 370 g/mol. The van der Waals surface area contributed by atoms with Crippen LogP contribution in [0.2, 0.25) is 0 Å². The molecule has 27 heavy (non-hydrogen) atoms. The maximum absolute atomic E-state index is 12.8. The molecule has 0 radical (unpaired) electrons. The highest BCUT2D eigenvalue weighted by Crippen LogP contribution is 2.30. The Balaban J connectivity index is 1.81. The number of aryl methyl sites for hydroxylation is 2. The Morgan fingerprint density at radius 3 is 2.52 bits per heavy atom. The van der Waals surface area contributed by atoms with Gasteiger partial charge in [0.25, 0.3) is 5.91 Å². The van der Waals surface area contributed by atoms with Crippen LogP contribution in [0.25, 0.3) is 5.69 Å². The number of carbonyl (C=O) groups excluding carboxylic acids is 1. The third kappa shape index (κ3) is 3.76. The standard InChI is InChI=1S/C21H26N2O4/c1-14-5-4-6-17(11-14)23-15(2)12-18(16(23)3)19(24)22-13-21(20(25)26)7-9-27-10-8-21/h4-6,11-12H,7-10,13H2,1-3H3,(H,22,24)(H,25,26). The van der Waals surface area contributed by atoms with Crippen molar-refractivity contribution in [3.05, 3.63) is 52.8 Å². The molecule has 1 aromatic heterocycles. The molecular formula is C21H26N2O4. The number of hydrogen-bond donors (Lipinski definition) is 2. The molecular weight excluding hydrogens is 344 g/mol. The number of carboxylic acids is 1. The van der Waals surface area contributed by atoms with Crippen LogP contribution in [0.15, 0.2) is 30.3 Å². The Morgan fingerprint density at radius 1 is 1.19 bits per heavy atom. The van der Waals surface area contributed by atoms with Crippen molar-refractivity contribution in [1.82, 2.24) is 9.88 Å². The molecule has 1 saturated heterocycles. The van der Waals surface area contributed by atoms with Crippen molar-refractivity contribution in [3.8, 4) is 5.69 Å². The van der Waals surface area contributed by atoms with E-state index in [1.807, 2.05) is 49.6 Å². The molecule has 6 heteroatoms. The van der Waals surface area contributed by atoms with E-state index in [9.17, 15) is 14.7 Å². The van der Waals surface area contributed by atoms with Crippen LogP contribution in [0.5, 0.6) is 0 Å². The fourth-order valence-corrected chi connectivity index (χ4v) is 3.73. The number of rotatable bonds is 5. The fraction of sp³-hybridized carbons (Fsp3) is 0.429. The summed E-state index contributed by atoms with van der Waals surface area (Å²) in [5.74, 6) is -1.12. The zero-order chi connectivity index (χ0) is 19.6. The second-order valence-electron chi connectivity index (χ2n) is 7.34. The molecule has 2 N–H and O–H groups in total. The molecule has 1 aliphatic rings. The number of hydrogen-bond acceptors (Lipinski definition) is 3. The van der Waals surface area contributed by atoms with Crippen LogP contribution in [0, 0.1) is 26.2 Å².